The zero-order valence-electron chi connectivity index (χ0n) is 15.7. The molecule has 5 nitrogen and oxygen atoms in total. The summed E-state index contributed by atoms with van der Waals surface area (Å²) in [6.07, 6.45) is 1.69. The van der Waals surface area contributed by atoms with Gasteiger partial charge in [0.1, 0.15) is 11.5 Å². The lowest BCUT2D eigenvalue weighted by Crippen LogP contribution is -2.35. The molecular formula is C22H20FN3O2. The summed E-state index contributed by atoms with van der Waals surface area (Å²) in [6, 6.07) is 15.4. The summed E-state index contributed by atoms with van der Waals surface area (Å²) in [5, 5.41) is 4.22. The fourth-order valence-electron chi connectivity index (χ4n) is 3.81. The van der Waals surface area contributed by atoms with Crippen LogP contribution in [-0.2, 0) is 6.42 Å². The van der Waals surface area contributed by atoms with Gasteiger partial charge in [-0.1, -0.05) is 36.4 Å². The van der Waals surface area contributed by atoms with E-state index in [0.29, 0.717) is 5.69 Å². The van der Waals surface area contributed by atoms with E-state index >= 15 is 0 Å². The number of rotatable bonds is 3. The Hall–Kier alpha value is -3.28. The van der Waals surface area contributed by atoms with Crippen molar-refractivity contribution in [3.63, 3.8) is 0 Å². The van der Waals surface area contributed by atoms with Gasteiger partial charge in [-0.2, -0.15) is 5.10 Å². The van der Waals surface area contributed by atoms with E-state index in [1.807, 2.05) is 18.2 Å². The van der Waals surface area contributed by atoms with Gasteiger partial charge in [0.2, 0.25) is 5.43 Å². The third-order valence-corrected chi connectivity index (χ3v) is 5.28. The average molecular weight is 377 g/mol. The first-order valence-electron chi connectivity index (χ1n) is 9.18. The molecule has 142 valence electrons. The minimum atomic E-state index is -0.474. The highest BCUT2D eigenvalue weighted by molar-refractivity contribution is 5.92. The number of aryl methyl sites for hydroxylation is 2. The van der Waals surface area contributed by atoms with E-state index in [1.54, 1.807) is 37.1 Å². The second-order valence-corrected chi connectivity index (χ2v) is 7.03. The van der Waals surface area contributed by atoms with Crippen LogP contribution < -0.4 is 5.43 Å². The molecule has 1 aromatic heterocycles. The van der Waals surface area contributed by atoms with E-state index in [9.17, 15) is 14.0 Å². The van der Waals surface area contributed by atoms with E-state index in [4.69, 9.17) is 0 Å². The first-order chi connectivity index (χ1) is 13.5. The molecule has 6 heteroatoms. The topological polar surface area (TPSA) is 55.2 Å². The molecule has 3 aromatic rings. The van der Waals surface area contributed by atoms with Gasteiger partial charge in [-0.15, -0.1) is 0 Å². The fourth-order valence-corrected chi connectivity index (χ4v) is 3.81. The molecule has 1 atom stereocenters. The third-order valence-electron chi connectivity index (χ3n) is 5.28. The van der Waals surface area contributed by atoms with E-state index in [2.05, 4.69) is 11.2 Å². The lowest BCUT2D eigenvalue weighted by atomic mass is 10.1. The summed E-state index contributed by atoms with van der Waals surface area (Å²) in [5.74, 6) is -0.935. The molecule has 0 N–H and O–H groups in total. The van der Waals surface area contributed by atoms with Crippen LogP contribution in [0.4, 0.5) is 4.39 Å². The molecule has 1 heterocycles. The minimum absolute atomic E-state index is 0.104. The van der Waals surface area contributed by atoms with Crippen LogP contribution in [0.3, 0.4) is 0 Å². The van der Waals surface area contributed by atoms with Crippen LogP contribution in [0.5, 0.6) is 0 Å². The van der Waals surface area contributed by atoms with E-state index in [1.165, 1.54) is 22.4 Å². The lowest BCUT2D eigenvalue weighted by molar-refractivity contribution is 0.0721. The standard InChI is InChI=1S/C22H20FN3O2/c1-14-13-20(27)21(24-26(14)19-10-6-5-9-17(19)23)22(28)25(2)18-12-11-15-7-3-4-8-16(15)18/h3-10,13,18H,11-12H2,1-2H3/t18-/m0/s1. The zero-order valence-corrected chi connectivity index (χ0v) is 15.7. The van der Waals surface area contributed by atoms with Gasteiger partial charge in [0, 0.05) is 18.8 Å². The highest BCUT2D eigenvalue weighted by Crippen LogP contribution is 2.35. The molecule has 4 rings (SSSR count). The first kappa shape index (κ1) is 18.1. The average Bonchev–Trinajstić information content (AvgIpc) is 3.12. The largest absolute Gasteiger partial charge is 0.333 e. The van der Waals surface area contributed by atoms with Crippen LogP contribution >= 0.6 is 0 Å². The van der Waals surface area contributed by atoms with Crippen molar-refractivity contribution in [2.24, 2.45) is 0 Å². The van der Waals surface area contributed by atoms with Crippen molar-refractivity contribution in [1.29, 1.82) is 0 Å². The number of carbonyl (C=O) groups excluding carboxylic acids is 1. The molecule has 0 radical (unpaired) electrons. The lowest BCUT2D eigenvalue weighted by Gasteiger charge is -2.25. The molecule has 28 heavy (non-hydrogen) atoms. The number of para-hydroxylation sites is 1. The maximum Gasteiger partial charge on any atom is 0.278 e. The second-order valence-electron chi connectivity index (χ2n) is 7.03. The molecule has 0 saturated heterocycles. The van der Waals surface area contributed by atoms with Crippen LogP contribution in [0.2, 0.25) is 0 Å². The van der Waals surface area contributed by atoms with Gasteiger partial charge < -0.3 is 4.90 Å². The summed E-state index contributed by atoms with van der Waals surface area (Å²) >= 11 is 0. The highest BCUT2D eigenvalue weighted by Gasteiger charge is 2.30. The van der Waals surface area contributed by atoms with Crippen molar-refractivity contribution in [2.45, 2.75) is 25.8 Å². The van der Waals surface area contributed by atoms with Gasteiger partial charge in [0.15, 0.2) is 5.69 Å². The maximum absolute atomic E-state index is 14.2. The summed E-state index contributed by atoms with van der Waals surface area (Å²) in [6.45, 7) is 1.66. The molecule has 1 aliphatic carbocycles. The van der Waals surface area contributed by atoms with E-state index < -0.39 is 17.2 Å². The Bertz CT molecular complexity index is 1120. The van der Waals surface area contributed by atoms with E-state index in [-0.39, 0.29) is 17.4 Å². The molecule has 0 unspecified atom stereocenters. The summed E-state index contributed by atoms with van der Waals surface area (Å²) in [7, 11) is 1.68. The monoisotopic (exact) mass is 377 g/mol. The first-order valence-corrected chi connectivity index (χ1v) is 9.18. The van der Waals surface area contributed by atoms with Gasteiger partial charge >= 0.3 is 0 Å². The molecular weight excluding hydrogens is 357 g/mol. The number of benzene rings is 2. The number of hydrogen-bond acceptors (Lipinski definition) is 3. The summed E-state index contributed by atoms with van der Waals surface area (Å²) in [4.78, 5) is 27.2. The Morgan fingerprint density at radius 1 is 1.18 bits per heavy atom. The Morgan fingerprint density at radius 3 is 2.68 bits per heavy atom. The second kappa shape index (κ2) is 7.03. The predicted octanol–water partition coefficient (Wildman–Crippen LogP) is 3.44. The number of carbonyl (C=O) groups is 1. The van der Waals surface area contributed by atoms with Crippen LogP contribution in [0.1, 0.15) is 39.8 Å². The van der Waals surface area contributed by atoms with Crippen molar-refractivity contribution < 1.29 is 9.18 Å². The minimum Gasteiger partial charge on any atom is -0.333 e. The number of halogens is 1. The van der Waals surface area contributed by atoms with Crippen LogP contribution in [0, 0.1) is 12.7 Å². The molecule has 0 bridgehead atoms. The zero-order chi connectivity index (χ0) is 19.8. The van der Waals surface area contributed by atoms with Gasteiger partial charge in [-0.25, -0.2) is 9.07 Å². The van der Waals surface area contributed by atoms with Crippen LogP contribution in [0.15, 0.2) is 59.4 Å². The Balaban J connectivity index is 1.73. The molecule has 0 aliphatic heterocycles. The number of hydrogen-bond donors (Lipinski definition) is 0. The molecule has 1 amide bonds. The quantitative estimate of drug-likeness (QED) is 0.703. The summed E-state index contributed by atoms with van der Waals surface area (Å²) < 4.78 is 15.5. The van der Waals surface area contributed by atoms with Gasteiger partial charge in [0.05, 0.1) is 6.04 Å². The third kappa shape index (κ3) is 3.01. The molecule has 0 spiro atoms. The maximum atomic E-state index is 14.2. The van der Waals surface area contributed by atoms with Crippen molar-refractivity contribution in [3.05, 3.63) is 93.2 Å². The Labute approximate surface area is 162 Å². The van der Waals surface area contributed by atoms with Gasteiger partial charge in [-0.3, -0.25) is 9.59 Å². The Morgan fingerprint density at radius 2 is 1.89 bits per heavy atom. The van der Waals surface area contributed by atoms with Crippen LogP contribution in [0.25, 0.3) is 5.69 Å². The number of amides is 1. The smallest absolute Gasteiger partial charge is 0.278 e. The molecule has 0 saturated carbocycles. The highest BCUT2D eigenvalue weighted by atomic mass is 19.1. The normalized spacial score (nSPS) is 15.3. The predicted molar refractivity (Wildman–Crippen MR) is 104 cm³/mol. The van der Waals surface area contributed by atoms with Gasteiger partial charge in [-0.05, 0) is 43.0 Å². The number of aromatic nitrogens is 2. The Kier molecular flexibility index (Phi) is 4.55. The van der Waals surface area contributed by atoms with Crippen LogP contribution in [-0.4, -0.2) is 27.6 Å². The van der Waals surface area contributed by atoms with Crippen molar-refractivity contribution >= 4 is 5.91 Å². The molecule has 1 aliphatic rings. The van der Waals surface area contributed by atoms with E-state index in [0.717, 1.165) is 18.4 Å². The summed E-state index contributed by atoms with van der Waals surface area (Å²) in [5.41, 5.74) is 2.30. The number of fused-ring (bicyclic) bond motifs is 1. The molecule has 0 fully saturated rings. The molecule has 2 aromatic carbocycles. The fraction of sp³-hybridized carbons (Fsp3) is 0.227. The van der Waals surface area contributed by atoms with Crippen molar-refractivity contribution in [1.82, 2.24) is 14.7 Å². The van der Waals surface area contributed by atoms with Crippen molar-refractivity contribution in [2.75, 3.05) is 7.05 Å². The van der Waals surface area contributed by atoms with Crippen molar-refractivity contribution in [3.8, 4) is 5.69 Å². The number of nitrogens with zero attached hydrogens (tertiary/aromatic N) is 3. The van der Waals surface area contributed by atoms with Gasteiger partial charge in [0.25, 0.3) is 5.91 Å². The SMILES string of the molecule is Cc1cc(=O)c(C(=O)N(C)[C@H]2CCc3ccccc32)nn1-c1ccccc1F.